The summed E-state index contributed by atoms with van der Waals surface area (Å²) in [5, 5.41) is 0. The molecule has 0 N–H and O–H groups in total. The first-order valence-corrected chi connectivity index (χ1v) is 17.5. The van der Waals surface area contributed by atoms with Gasteiger partial charge in [0.15, 0.2) is 5.54 Å². The monoisotopic (exact) mass is 747 g/mol. The van der Waals surface area contributed by atoms with E-state index in [1.54, 1.807) is 129 Å². The maximum atomic E-state index is 15.8. The van der Waals surface area contributed by atoms with Gasteiger partial charge in [-0.15, -0.1) is 0 Å². The van der Waals surface area contributed by atoms with Gasteiger partial charge in [0.2, 0.25) is 34.8 Å². The van der Waals surface area contributed by atoms with E-state index in [1.165, 1.54) is 4.90 Å². The van der Waals surface area contributed by atoms with Crippen LogP contribution in [0, 0.1) is 35.0 Å². The minimum atomic E-state index is -2.42. The second-order valence-electron chi connectivity index (χ2n) is 13.5. The molecule has 1 amide bonds. The summed E-state index contributed by atoms with van der Waals surface area (Å²) >= 11 is 0. The molecule has 6 aromatic rings. The Labute approximate surface area is 314 Å². The first-order valence-electron chi connectivity index (χ1n) is 17.5. The third-order valence-electron chi connectivity index (χ3n) is 10.5. The van der Waals surface area contributed by atoms with Crippen LogP contribution in [0.5, 0.6) is 5.75 Å². The molecule has 0 saturated heterocycles. The molecule has 0 radical (unpaired) electrons. The van der Waals surface area contributed by atoms with Crippen molar-refractivity contribution >= 4 is 12.1 Å². The Kier molecular flexibility index (Phi) is 9.77. The van der Waals surface area contributed by atoms with Crippen LogP contribution in [-0.2, 0) is 15.1 Å². The average Bonchev–Trinajstić information content (AvgIpc) is 3.56. The molecule has 1 atom stereocenters. The van der Waals surface area contributed by atoms with E-state index in [0.717, 1.165) is 7.11 Å². The molecule has 0 heterocycles. The highest BCUT2D eigenvalue weighted by atomic mass is 19.2. The molecular formula is C45H34F5NO4. The van der Waals surface area contributed by atoms with Crippen molar-refractivity contribution in [1.29, 1.82) is 0 Å². The maximum absolute atomic E-state index is 15.8. The highest BCUT2D eigenvalue weighted by molar-refractivity contribution is 5.94. The molecule has 0 bridgehead atoms. The molecule has 1 aliphatic rings. The molecule has 0 spiro atoms. The lowest BCUT2D eigenvalue weighted by atomic mass is 9.64. The molecule has 0 unspecified atom stereocenters. The molecule has 55 heavy (non-hydrogen) atoms. The summed E-state index contributed by atoms with van der Waals surface area (Å²) in [6, 6.07) is 40.9. The van der Waals surface area contributed by atoms with E-state index in [9.17, 15) is 13.2 Å². The van der Waals surface area contributed by atoms with Gasteiger partial charge in [-0.25, -0.2) is 22.8 Å². The van der Waals surface area contributed by atoms with Crippen molar-refractivity contribution in [3.05, 3.63) is 196 Å². The van der Waals surface area contributed by atoms with Gasteiger partial charge in [-0.1, -0.05) is 153 Å². The fraction of sp³-hybridized carbons (Fsp3) is 0.156. The number of fused-ring (bicyclic) bond motifs is 3. The summed E-state index contributed by atoms with van der Waals surface area (Å²) in [4.78, 5) is 32.2. The van der Waals surface area contributed by atoms with Crippen molar-refractivity contribution in [2.45, 2.75) is 30.8 Å². The lowest BCUT2D eigenvalue weighted by Crippen LogP contribution is -2.71. The lowest BCUT2D eigenvalue weighted by Gasteiger charge is -2.56. The van der Waals surface area contributed by atoms with E-state index < -0.39 is 69.8 Å². The summed E-state index contributed by atoms with van der Waals surface area (Å²) in [5.74, 6) is -17.2. The summed E-state index contributed by atoms with van der Waals surface area (Å²) < 4.78 is 86.2. The van der Waals surface area contributed by atoms with Crippen LogP contribution < -0.4 is 4.74 Å². The number of carbonyl (C=O) groups excluding carboxylic acids is 2. The van der Waals surface area contributed by atoms with Gasteiger partial charge in [0.05, 0.1) is 7.11 Å². The van der Waals surface area contributed by atoms with Gasteiger partial charge in [-0.05, 0) is 44.9 Å². The number of halogens is 5. The third kappa shape index (κ3) is 5.58. The molecule has 5 nitrogen and oxygen atoms in total. The molecule has 0 aromatic heterocycles. The fourth-order valence-electron chi connectivity index (χ4n) is 8.23. The highest BCUT2D eigenvalue weighted by Crippen LogP contribution is 2.58. The Bertz CT molecular complexity index is 2220. The van der Waals surface area contributed by atoms with Crippen molar-refractivity contribution in [3.63, 3.8) is 0 Å². The Balaban J connectivity index is 1.69. The lowest BCUT2D eigenvalue weighted by molar-refractivity contribution is -0.156. The third-order valence-corrected chi connectivity index (χ3v) is 10.5. The van der Waals surface area contributed by atoms with Crippen molar-refractivity contribution < 1.29 is 41.0 Å². The number of rotatable bonds is 9. The minimum Gasteiger partial charge on any atom is -0.453 e. The number of carbonyl (C=O) groups is 2. The SMILES string of the molecule is COC(=O)N(C(c1ccccc1)(c1ccccc1)c1ccccc1)[C@](C(=O)Oc1c(F)c(F)c(F)c(F)c1F)(C(C)C)C1c2ccccc2-c2ccccc21. The Morgan fingerprint density at radius 2 is 0.927 bits per heavy atom. The second kappa shape index (κ2) is 14.5. The largest absolute Gasteiger partial charge is 0.453 e. The molecular weight excluding hydrogens is 713 g/mol. The zero-order valence-corrected chi connectivity index (χ0v) is 29.9. The van der Waals surface area contributed by atoms with Crippen molar-refractivity contribution in [3.8, 4) is 16.9 Å². The number of ether oxygens (including phenoxy) is 2. The van der Waals surface area contributed by atoms with E-state index in [1.807, 2.05) is 24.3 Å². The molecule has 0 aliphatic heterocycles. The van der Waals surface area contributed by atoms with Gasteiger partial charge >= 0.3 is 12.1 Å². The highest BCUT2D eigenvalue weighted by Gasteiger charge is 2.66. The minimum absolute atomic E-state index is 0.478. The molecule has 7 rings (SSSR count). The molecule has 0 saturated carbocycles. The van der Waals surface area contributed by atoms with Gasteiger partial charge in [-0.2, -0.15) is 8.78 Å². The summed E-state index contributed by atoms with van der Waals surface area (Å²) in [5.41, 5.74) is -0.254. The molecule has 10 heteroatoms. The second-order valence-corrected chi connectivity index (χ2v) is 13.5. The van der Waals surface area contributed by atoms with Crippen LogP contribution in [0.4, 0.5) is 26.7 Å². The van der Waals surface area contributed by atoms with Crippen molar-refractivity contribution in [2.75, 3.05) is 7.11 Å². The average molecular weight is 748 g/mol. The van der Waals surface area contributed by atoms with Crippen LogP contribution in [0.15, 0.2) is 140 Å². The van der Waals surface area contributed by atoms with Crippen molar-refractivity contribution in [2.24, 2.45) is 5.92 Å². The van der Waals surface area contributed by atoms with Gasteiger partial charge in [0, 0.05) is 5.92 Å². The Hall–Kier alpha value is -6.29. The number of hydrogen-bond acceptors (Lipinski definition) is 4. The number of hydrogen-bond donors (Lipinski definition) is 0. The van der Waals surface area contributed by atoms with E-state index in [-0.39, 0.29) is 0 Å². The van der Waals surface area contributed by atoms with Crippen LogP contribution in [0.2, 0.25) is 0 Å². The van der Waals surface area contributed by atoms with Crippen LogP contribution in [0.1, 0.15) is 47.6 Å². The molecule has 1 aliphatic carbocycles. The van der Waals surface area contributed by atoms with E-state index >= 15 is 18.4 Å². The van der Waals surface area contributed by atoms with Crippen LogP contribution in [0.25, 0.3) is 11.1 Å². The summed E-state index contributed by atoms with van der Waals surface area (Å²) in [6.45, 7) is 3.26. The van der Waals surface area contributed by atoms with Gasteiger partial charge in [-0.3, -0.25) is 4.90 Å². The van der Waals surface area contributed by atoms with E-state index in [2.05, 4.69) is 0 Å². The predicted molar refractivity (Wildman–Crippen MR) is 197 cm³/mol. The molecule has 6 aromatic carbocycles. The van der Waals surface area contributed by atoms with Crippen molar-refractivity contribution in [1.82, 2.24) is 4.90 Å². The molecule has 278 valence electrons. The standard InChI is InChI=1S/C45H34F5NO4/c1-27(2)44(42(52)55-41-39(49)37(47)36(46)38(48)40(41)50,35-33-25-15-13-23-31(33)32-24-14-16-26-34(32)35)51(43(53)54-3)45(28-17-7-4-8-18-28,29-19-9-5-10-20-29)30-21-11-6-12-22-30/h4-27,35H,1-3H3/t44-/m1/s1. The van der Waals surface area contributed by atoms with E-state index in [4.69, 9.17) is 9.47 Å². The van der Waals surface area contributed by atoms with Crippen LogP contribution in [0.3, 0.4) is 0 Å². The Morgan fingerprint density at radius 3 is 1.31 bits per heavy atom. The summed E-state index contributed by atoms with van der Waals surface area (Å²) in [6.07, 6.45) is -1.05. The normalized spacial score (nSPS) is 13.5. The van der Waals surface area contributed by atoms with Gasteiger partial charge in [0.25, 0.3) is 0 Å². The van der Waals surface area contributed by atoms with Gasteiger partial charge in [0.1, 0.15) is 5.54 Å². The number of nitrogens with zero attached hydrogens (tertiary/aromatic N) is 1. The Morgan fingerprint density at radius 1 is 0.564 bits per heavy atom. The number of amides is 1. The fourth-order valence-corrected chi connectivity index (χ4v) is 8.23. The number of methoxy groups -OCH3 is 1. The zero-order chi connectivity index (χ0) is 39.1. The van der Waals surface area contributed by atoms with Gasteiger partial charge < -0.3 is 9.47 Å². The predicted octanol–water partition coefficient (Wildman–Crippen LogP) is 10.6. The topological polar surface area (TPSA) is 55.8 Å². The van der Waals surface area contributed by atoms with E-state index in [0.29, 0.717) is 38.9 Å². The molecule has 0 fully saturated rings. The maximum Gasteiger partial charge on any atom is 0.411 e. The van der Waals surface area contributed by atoms with Crippen LogP contribution in [-0.4, -0.2) is 29.6 Å². The number of esters is 1. The van der Waals surface area contributed by atoms with Crippen LogP contribution >= 0.6 is 0 Å². The first-order chi connectivity index (χ1) is 26.5. The smallest absolute Gasteiger partial charge is 0.411 e. The zero-order valence-electron chi connectivity index (χ0n) is 29.9. The number of benzene rings is 6. The quantitative estimate of drug-likeness (QED) is 0.0369. The first kappa shape index (κ1) is 37.0. The summed E-state index contributed by atoms with van der Waals surface area (Å²) in [7, 11) is 1.14.